The van der Waals surface area contributed by atoms with Crippen LogP contribution in [0, 0.1) is 20.8 Å². The number of rotatable bonds is 10. The van der Waals surface area contributed by atoms with Gasteiger partial charge in [0.1, 0.15) is 30.5 Å². The van der Waals surface area contributed by atoms with E-state index in [1.807, 2.05) is 13.8 Å². The van der Waals surface area contributed by atoms with Gasteiger partial charge in [0.15, 0.2) is 0 Å². The summed E-state index contributed by atoms with van der Waals surface area (Å²) < 4.78 is 17.1. The van der Waals surface area contributed by atoms with Crippen LogP contribution < -0.4 is 14.8 Å². The molecule has 0 aromatic heterocycles. The minimum Gasteiger partial charge on any atom is -0.507 e. The van der Waals surface area contributed by atoms with Gasteiger partial charge in [0.2, 0.25) is 0 Å². The highest BCUT2D eigenvalue weighted by Gasteiger charge is 2.25. The average molecular weight is 525 g/mol. The molecule has 206 valence electrons. The summed E-state index contributed by atoms with van der Waals surface area (Å²) in [6, 6.07) is 5.74. The quantitative estimate of drug-likeness (QED) is 0.401. The number of carbonyl (C=O) groups is 2. The van der Waals surface area contributed by atoms with Crippen molar-refractivity contribution >= 4 is 23.6 Å². The molecule has 1 aliphatic rings. The van der Waals surface area contributed by atoms with Crippen LogP contribution in [0.15, 0.2) is 23.8 Å². The third-order valence-electron chi connectivity index (χ3n) is 6.92. The van der Waals surface area contributed by atoms with Crippen molar-refractivity contribution in [1.29, 1.82) is 0 Å². The molecule has 0 atom stereocenters. The third kappa shape index (κ3) is 6.30. The Bertz CT molecular complexity index is 1220. The van der Waals surface area contributed by atoms with Crippen LogP contribution in [0.25, 0.3) is 6.08 Å². The Morgan fingerprint density at radius 1 is 1.08 bits per heavy atom. The van der Waals surface area contributed by atoms with Gasteiger partial charge in [-0.3, -0.25) is 9.69 Å². The van der Waals surface area contributed by atoms with Crippen LogP contribution in [0.2, 0.25) is 0 Å². The highest BCUT2D eigenvalue weighted by Crippen LogP contribution is 2.40. The Kier molecular flexibility index (Phi) is 9.44. The van der Waals surface area contributed by atoms with Crippen molar-refractivity contribution in [2.24, 2.45) is 0 Å². The van der Waals surface area contributed by atoms with Gasteiger partial charge in [0.05, 0.1) is 23.4 Å². The number of hydrogen-bond donors (Lipinski definition) is 2. The summed E-state index contributed by atoms with van der Waals surface area (Å²) in [4.78, 5) is 28.3. The highest BCUT2D eigenvalue weighted by atomic mass is 16.5. The first-order valence-corrected chi connectivity index (χ1v) is 13.1. The molecule has 3 rings (SSSR count). The smallest absolute Gasteiger partial charge is 0.340 e. The molecule has 38 heavy (non-hydrogen) atoms. The Morgan fingerprint density at radius 2 is 1.76 bits per heavy atom. The van der Waals surface area contributed by atoms with Crippen molar-refractivity contribution in [3.05, 3.63) is 51.6 Å². The van der Waals surface area contributed by atoms with E-state index in [1.165, 1.54) is 0 Å². The Hall–Kier alpha value is -3.52. The SMILES string of the molecule is CCOC(=O)c1cc(OCCN(C(C)C)C(C)C)ccc1NC(=O)C1=Cc2c(C)c(O)c(C)c(C)c2OC1. The van der Waals surface area contributed by atoms with Gasteiger partial charge in [0.25, 0.3) is 5.91 Å². The minimum absolute atomic E-state index is 0.0709. The molecule has 8 nitrogen and oxygen atoms in total. The number of nitrogens with zero attached hydrogens (tertiary/aromatic N) is 1. The van der Waals surface area contributed by atoms with E-state index in [0.29, 0.717) is 52.6 Å². The summed E-state index contributed by atoms with van der Waals surface area (Å²) in [5.74, 6) is 0.413. The maximum Gasteiger partial charge on any atom is 0.340 e. The predicted molar refractivity (Wildman–Crippen MR) is 149 cm³/mol. The second kappa shape index (κ2) is 12.3. The zero-order chi connectivity index (χ0) is 28.1. The summed E-state index contributed by atoms with van der Waals surface area (Å²) in [6.07, 6.45) is 1.73. The molecule has 8 heteroatoms. The second-order valence-corrected chi connectivity index (χ2v) is 10.1. The monoisotopic (exact) mass is 524 g/mol. The molecule has 0 radical (unpaired) electrons. The number of fused-ring (bicyclic) bond motifs is 1. The maximum absolute atomic E-state index is 13.2. The average Bonchev–Trinajstić information content (AvgIpc) is 2.88. The first-order chi connectivity index (χ1) is 18.0. The summed E-state index contributed by atoms with van der Waals surface area (Å²) in [5.41, 5.74) is 3.82. The molecule has 0 aliphatic carbocycles. The molecule has 0 unspecified atom stereocenters. The van der Waals surface area contributed by atoms with Crippen LogP contribution in [0.4, 0.5) is 5.69 Å². The van der Waals surface area contributed by atoms with Crippen molar-refractivity contribution in [2.45, 2.75) is 67.5 Å². The minimum atomic E-state index is -0.551. The Labute approximate surface area is 225 Å². The standard InChI is InChI=1S/C30H40N2O6/c1-9-36-30(35)25-15-23(37-13-12-32(17(2)3)18(4)5)10-11-26(25)31-29(34)22-14-24-21(8)27(33)19(6)20(7)28(24)38-16-22/h10-11,14-15,17-18,33H,9,12-13,16H2,1-8H3,(H,31,34). The van der Waals surface area contributed by atoms with Gasteiger partial charge in [0, 0.05) is 29.8 Å². The van der Waals surface area contributed by atoms with Gasteiger partial charge >= 0.3 is 5.97 Å². The van der Waals surface area contributed by atoms with Crippen LogP contribution in [-0.2, 0) is 9.53 Å². The van der Waals surface area contributed by atoms with Crippen LogP contribution in [0.1, 0.15) is 67.2 Å². The fourth-order valence-electron chi connectivity index (χ4n) is 4.67. The van der Waals surface area contributed by atoms with Crippen LogP contribution in [0.5, 0.6) is 17.2 Å². The van der Waals surface area contributed by atoms with E-state index in [-0.39, 0.29) is 24.5 Å². The fourth-order valence-corrected chi connectivity index (χ4v) is 4.67. The molecule has 2 aromatic carbocycles. The van der Waals surface area contributed by atoms with Crippen molar-refractivity contribution in [2.75, 3.05) is 31.7 Å². The van der Waals surface area contributed by atoms with Crippen LogP contribution >= 0.6 is 0 Å². The number of benzene rings is 2. The van der Waals surface area contributed by atoms with Gasteiger partial charge < -0.3 is 24.6 Å². The van der Waals surface area contributed by atoms with Crippen molar-refractivity contribution in [3.63, 3.8) is 0 Å². The number of hydrogen-bond acceptors (Lipinski definition) is 7. The first kappa shape index (κ1) is 29.0. The van der Waals surface area contributed by atoms with E-state index >= 15 is 0 Å². The lowest BCUT2D eigenvalue weighted by molar-refractivity contribution is -0.113. The summed E-state index contributed by atoms with van der Waals surface area (Å²) in [7, 11) is 0. The summed E-state index contributed by atoms with van der Waals surface area (Å²) in [6.45, 7) is 17.3. The molecule has 0 spiro atoms. The van der Waals surface area contributed by atoms with E-state index in [4.69, 9.17) is 14.2 Å². The van der Waals surface area contributed by atoms with Gasteiger partial charge in [-0.2, -0.15) is 0 Å². The number of phenolic OH excluding ortho intramolecular Hbond substituents is 1. The first-order valence-electron chi connectivity index (χ1n) is 13.1. The molecule has 2 N–H and O–H groups in total. The van der Waals surface area contributed by atoms with Crippen LogP contribution in [-0.4, -0.2) is 60.3 Å². The van der Waals surface area contributed by atoms with E-state index in [9.17, 15) is 14.7 Å². The Balaban J connectivity index is 1.83. The molecular weight excluding hydrogens is 484 g/mol. The van der Waals surface area contributed by atoms with Crippen molar-refractivity contribution < 1.29 is 28.9 Å². The number of carbonyl (C=O) groups excluding carboxylic acids is 2. The lowest BCUT2D eigenvalue weighted by Crippen LogP contribution is -2.39. The zero-order valence-electron chi connectivity index (χ0n) is 23.7. The van der Waals surface area contributed by atoms with Crippen molar-refractivity contribution in [1.82, 2.24) is 4.90 Å². The molecule has 1 aliphatic heterocycles. The third-order valence-corrected chi connectivity index (χ3v) is 6.92. The number of phenols is 1. The predicted octanol–water partition coefficient (Wildman–Crippen LogP) is 5.41. The number of amides is 1. The topological polar surface area (TPSA) is 97.3 Å². The number of esters is 1. The molecular formula is C30H40N2O6. The molecule has 1 heterocycles. The zero-order valence-corrected chi connectivity index (χ0v) is 23.7. The van der Waals surface area contributed by atoms with E-state index in [2.05, 4.69) is 37.9 Å². The van der Waals surface area contributed by atoms with Gasteiger partial charge in [-0.15, -0.1) is 0 Å². The Morgan fingerprint density at radius 3 is 2.39 bits per heavy atom. The second-order valence-electron chi connectivity index (χ2n) is 10.1. The maximum atomic E-state index is 13.2. The van der Waals surface area contributed by atoms with Crippen LogP contribution in [0.3, 0.4) is 0 Å². The van der Waals surface area contributed by atoms with Gasteiger partial charge in [-0.25, -0.2) is 4.79 Å². The lowest BCUT2D eigenvalue weighted by Gasteiger charge is -2.30. The van der Waals surface area contributed by atoms with Gasteiger partial charge in [-0.05, 0) is 90.8 Å². The summed E-state index contributed by atoms with van der Waals surface area (Å²) >= 11 is 0. The van der Waals surface area contributed by atoms with E-state index < -0.39 is 11.9 Å². The van der Waals surface area contributed by atoms with Gasteiger partial charge in [-0.1, -0.05) is 0 Å². The molecule has 0 bridgehead atoms. The highest BCUT2D eigenvalue weighted by molar-refractivity contribution is 6.10. The van der Waals surface area contributed by atoms with Crippen molar-refractivity contribution in [3.8, 4) is 17.2 Å². The number of ether oxygens (including phenoxy) is 3. The fraction of sp³-hybridized carbons (Fsp3) is 0.467. The number of anilines is 1. The number of nitrogens with one attached hydrogen (secondary N) is 1. The normalized spacial score (nSPS) is 12.8. The molecule has 0 saturated carbocycles. The van der Waals surface area contributed by atoms with E-state index in [1.54, 1.807) is 38.1 Å². The largest absolute Gasteiger partial charge is 0.507 e. The molecule has 2 aromatic rings. The molecule has 1 amide bonds. The van der Waals surface area contributed by atoms with E-state index in [0.717, 1.165) is 17.7 Å². The number of aromatic hydroxyl groups is 1. The molecule has 0 saturated heterocycles. The molecule has 0 fully saturated rings. The lowest BCUT2D eigenvalue weighted by atomic mass is 9.94. The summed E-state index contributed by atoms with van der Waals surface area (Å²) in [5, 5.41) is 13.3.